The van der Waals surface area contributed by atoms with Crippen LogP contribution in [0.1, 0.15) is 94.6 Å². The monoisotopic (exact) mass is 544 g/mol. The second-order valence-corrected chi connectivity index (χ2v) is 11.6. The molecule has 0 saturated heterocycles. The number of alkyl halides is 3. The molecule has 0 aromatic heterocycles. The minimum atomic E-state index is -4.59. The lowest BCUT2D eigenvalue weighted by molar-refractivity contribution is -0.0820. The molecule has 0 nitrogen and oxygen atoms in total. The topological polar surface area (TPSA) is 0 Å². The molecule has 0 spiro atoms. The largest absolute Gasteiger partial charge is 0.412 e. The molecule has 4 rings (SSSR count). The normalized spacial score (nSPS) is 24.8. The van der Waals surface area contributed by atoms with Crippen LogP contribution in [0.5, 0.6) is 0 Å². The maximum atomic E-state index is 15.2. The Kier molecular flexibility index (Phi) is 10.4. The highest BCUT2D eigenvalue weighted by Crippen LogP contribution is 2.40. The molecule has 0 heterocycles. The van der Waals surface area contributed by atoms with Gasteiger partial charge >= 0.3 is 6.18 Å². The Bertz CT molecular complexity index is 1100. The van der Waals surface area contributed by atoms with E-state index in [4.69, 9.17) is 0 Å². The average Bonchev–Trinajstić information content (AvgIpc) is 2.92. The zero-order chi connectivity index (χ0) is 27.8. The van der Waals surface area contributed by atoms with Crippen molar-refractivity contribution in [1.29, 1.82) is 0 Å². The molecule has 39 heavy (non-hydrogen) atoms. The van der Waals surface area contributed by atoms with Crippen molar-refractivity contribution in [3.63, 3.8) is 0 Å². The van der Waals surface area contributed by atoms with Crippen LogP contribution in [-0.2, 0) is 6.42 Å². The van der Waals surface area contributed by atoms with E-state index in [9.17, 15) is 17.6 Å². The van der Waals surface area contributed by atoms with E-state index < -0.39 is 17.9 Å². The maximum Gasteiger partial charge on any atom is 0.412 e. The van der Waals surface area contributed by atoms with Gasteiger partial charge in [-0.25, -0.2) is 8.78 Å². The van der Waals surface area contributed by atoms with E-state index in [-0.39, 0.29) is 17.8 Å². The smallest absolute Gasteiger partial charge is 0.212 e. The summed E-state index contributed by atoms with van der Waals surface area (Å²) in [5, 5.41) is 0. The van der Waals surface area contributed by atoms with Gasteiger partial charge in [-0.1, -0.05) is 68.3 Å². The van der Waals surface area contributed by atoms with Gasteiger partial charge in [0.2, 0.25) is 0 Å². The van der Waals surface area contributed by atoms with E-state index in [1.54, 1.807) is 6.07 Å². The van der Waals surface area contributed by atoms with Crippen LogP contribution < -0.4 is 0 Å². The molecule has 5 heteroatoms. The van der Waals surface area contributed by atoms with E-state index in [1.807, 2.05) is 12.1 Å². The number of unbranched alkanes of at least 4 members (excludes halogenated alkanes) is 2. The van der Waals surface area contributed by atoms with Crippen LogP contribution in [0.25, 0.3) is 11.1 Å². The number of rotatable bonds is 9. The third kappa shape index (κ3) is 8.78. The summed E-state index contributed by atoms with van der Waals surface area (Å²) in [7, 11) is 0. The summed E-state index contributed by atoms with van der Waals surface area (Å²) in [6.07, 6.45) is 10.6. The Balaban J connectivity index is 1.25. The molecule has 2 aliphatic carbocycles. The highest BCUT2D eigenvalue weighted by molar-refractivity contribution is 5.64. The second kappa shape index (κ2) is 13.8. The molecule has 2 aromatic rings. The number of hydrogen-bond donors (Lipinski definition) is 0. The van der Waals surface area contributed by atoms with Gasteiger partial charge in [-0.3, -0.25) is 0 Å². The van der Waals surface area contributed by atoms with Crippen LogP contribution in [0, 0.1) is 23.6 Å². The van der Waals surface area contributed by atoms with Gasteiger partial charge < -0.3 is 0 Å². The summed E-state index contributed by atoms with van der Waals surface area (Å²) < 4.78 is 66.3. The number of allylic oxidation sites excluding steroid dienone is 4. The van der Waals surface area contributed by atoms with Crippen LogP contribution in [0.2, 0.25) is 0 Å². The molecule has 0 radical (unpaired) electrons. The van der Waals surface area contributed by atoms with E-state index in [0.29, 0.717) is 24.7 Å². The fourth-order valence-electron chi connectivity index (χ4n) is 6.28. The van der Waals surface area contributed by atoms with Gasteiger partial charge in [0.15, 0.2) is 0 Å². The SMILES string of the molecule is CCCCCc1ccc(-c2ccc(C3CCC(/C=C/C4CCC(/C(F)=C/C(F)(F)F)CC4)CC3)c(F)c2)cc1. The van der Waals surface area contributed by atoms with Crippen LogP contribution in [-0.4, -0.2) is 6.18 Å². The van der Waals surface area contributed by atoms with Crippen LogP contribution in [0.4, 0.5) is 22.0 Å². The first-order chi connectivity index (χ1) is 18.7. The predicted octanol–water partition coefficient (Wildman–Crippen LogP) is 11.3. The second-order valence-electron chi connectivity index (χ2n) is 11.6. The third-order valence-electron chi connectivity index (χ3n) is 8.69. The molecule has 0 bridgehead atoms. The van der Waals surface area contributed by atoms with E-state index in [2.05, 4.69) is 43.3 Å². The molecule has 0 atom stereocenters. The Morgan fingerprint density at radius 1 is 0.795 bits per heavy atom. The van der Waals surface area contributed by atoms with Gasteiger partial charge in [-0.15, -0.1) is 0 Å². The first-order valence-electron chi connectivity index (χ1n) is 14.7. The zero-order valence-corrected chi connectivity index (χ0v) is 23.0. The van der Waals surface area contributed by atoms with Crippen molar-refractivity contribution < 1.29 is 22.0 Å². The Labute approximate surface area is 230 Å². The minimum Gasteiger partial charge on any atom is -0.212 e. The van der Waals surface area contributed by atoms with Crippen molar-refractivity contribution >= 4 is 0 Å². The number of halogens is 5. The van der Waals surface area contributed by atoms with Gasteiger partial charge in [0.1, 0.15) is 11.6 Å². The lowest BCUT2D eigenvalue weighted by atomic mass is 9.77. The molecule has 2 saturated carbocycles. The average molecular weight is 545 g/mol. The highest BCUT2D eigenvalue weighted by atomic mass is 19.4. The first-order valence-corrected chi connectivity index (χ1v) is 14.7. The molecule has 212 valence electrons. The van der Waals surface area contributed by atoms with Crippen molar-refractivity contribution in [3.8, 4) is 11.1 Å². The summed E-state index contributed by atoms with van der Waals surface area (Å²) in [4.78, 5) is 0. The molecule has 0 amide bonds. The zero-order valence-electron chi connectivity index (χ0n) is 23.0. The number of hydrogen-bond acceptors (Lipinski definition) is 0. The first kappa shape index (κ1) is 29.6. The lowest BCUT2D eigenvalue weighted by Gasteiger charge is -2.29. The quantitative estimate of drug-likeness (QED) is 0.167. The molecular formula is C34H41F5. The van der Waals surface area contributed by atoms with Crippen molar-refractivity contribution in [2.45, 2.75) is 96.1 Å². The fraction of sp³-hybridized carbons (Fsp3) is 0.529. The van der Waals surface area contributed by atoms with E-state index in [1.165, 1.54) is 24.8 Å². The van der Waals surface area contributed by atoms with Crippen LogP contribution in [0.3, 0.4) is 0 Å². The van der Waals surface area contributed by atoms with Crippen molar-refractivity contribution in [1.82, 2.24) is 0 Å². The highest BCUT2D eigenvalue weighted by Gasteiger charge is 2.30. The molecule has 2 aliphatic rings. The van der Waals surface area contributed by atoms with Crippen molar-refractivity contribution in [2.24, 2.45) is 17.8 Å². The molecule has 0 aliphatic heterocycles. The summed E-state index contributed by atoms with van der Waals surface area (Å²) >= 11 is 0. The maximum absolute atomic E-state index is 15.2. The van der Waals surface area contributed by atoms with E-state index in [0.717, 1.165) is 61.6 Å². The third-order valence-corrected chi connectivity index (χ3v) is 8.69. The molecule has 0 unspecified atom stereocenters. The van der Waals surface area contributed by atoms with Crippen LogP contribution >= 0.6 is 0 Å². The number of aryl methyl sites for hydroxylation is 1. The molecule has 2 fully saturated rings. The van der Waals surface area contributed by atoms with Gasteiger partial charge in [-0.05, 0) is 110 Å². The summed E-state index contributed by atoms with van der Waals surface area (Å²) in [5.74, 6) is -0.792. The standard InChI is InChI=1S/C34H41F5/c1-2-3-4-5-24-8-14-27(15-9-24)30-20-21-31(32(35)22-30)28-16-10-25(11-17-28)6-7-26-12-18-29(19-13-26)33(36)23-34(37,38)39/h6-9,14-15,20-23,25-26,28-29H,2-5,10-13,16-19H2,1H3/b7-6+,33-23-. The predicted molar refractivity (Wildman–Crippen MR) is 150 cm³/mol. The van der Waals surface area contributed by atoms with Gasteiger partial charge in [0.25, 0.3) is 0 Å². The molecular weight excluding hydrogens is 503 g/mol. The Morgan fingerprint density at radius 2 is 1.38 bits per heavy atom. The number of benzene rings is 2. The summed E-state index contributed by atoms with van der Waals surface area (Å²) in [6.45, 7) is 2.21. The fourth-order valence-corrected chi connectivity index (χ4v) is 6.28. The minimum absolute atomic E-state index is 0.123. The van der Waals surface area contributed by atoms with Crippen molar-refractivity contribution in [2.75, 3.05) is 0 Å². The van der Waals surface area contributed by atoms with E-state index >= 15 is 4.39 Å². The summed E-state index contributed by atoms with van der Waals surface area (Å²) in [5.41, 5.74) is 4.09. The van der Waals surface area contributed by atoms with Gasteiger partial charge in [0.05, 0.1) is 6.08 Å². The summed E-state index contributed by atoms with van der Waals surface area (Å²) in [6, 6.07) is 14.2. The van der Waals surface area contributed by atoms with Crippen LogP contribution in [0.15, 0.2) is 66.5 Å². The lowest BCUT2D eigenvalue weighted by Crippen LogP contribution is -2.16. The Morgan fingerprint density at radius 3 is 1.95 bits per heavy atom. The molecule has 2 aromatic carbocycles. The van der Waals surface area contributed by atoms with Gasteiger partial charge in [0, 0.05) is 5.92 Å². The molecule has 0 N–H and O–H groups in total. The van der Waals surface area contributed by atoms with Crippen molar-refractivity contribution in [3.05, 3.63) is 83.5 Å². The van der Waals surface area contributed by atoms with Gasteiger partial charge in [-0.2, -0.15) is 13.2 Å². The Hall–Kier alpha value is -2.43.